The van der Waals surface area contributed by atoms with Gasteiger partial charge in [-0.2, -0.15) is 26.3 Å². The molecule has 0 bridgehead atoms. The van der Waals surface area contributed by atoms with Gasteiger partial charge in [-0.05, 0) is 57.0 Å². The molecule has 2 aromatic carbocycles. The molecule has 3 atom stereocenters. The highest BCUT2D eigenvalue weighted by Crippen LogP contribution is 2.50. The lowest BCUT2D eigenvalue weighted by Crippen LogP contribution is -2.54. The Morgan fingerprint density at radius 1 is 0.977 bits per heavy atom. The van der Waals surface area contributed by atoms with E-state index in [0.29, 0.717) is 30.9 Å². The molecule has 1 aliphatic heterocycles. The van der Waals surface area contributed by atoms with Crippen LogP contribution in [0.5, 0.6) is 11.5 Å². The predicted octanol–water partition coefficient (Wildman–Crippen LogP) is 5.73. The number of nitrogens with one attached hydrogen (secondary N) is 1. The van der Waals surface area contributed by atoms with Crippen LogP contribution in [0, 0.1) is 11.6 Å². The van der Waals surface area contributed by atoms with Crippen LogP contribution in [0.2, 0.25) is 0 Å². The lowest BCUT2D eigenvalue weighted by atomic mass is 9.65. The summed E-state index contributed by atoms with van der Waals surface area (Å²) in [5, 5.41) is 2.00. The van der Waals surface area contributed by atoms with Crippen LogP contribution in [0.4, 0.5) is 45.6 Å². The van der Waals surface area contributed by atoms with Gasteiger partial charge in [-0.15, -0.1) is 5.06 Å². The van der Waals surface area contributed by atoms with E-state index in [9.17, 15) is 44.7 Å². The summed E-state index contributed by atoms with van der Waals surface area (Å²) in [5.41, 5.74) is -2.98. The molecule has 1 saturated heterocycles. The van der Waals surface area contributed by atoms with Crippen molar-refractivity contribution < 1.29 is 59.0 Å². The number of nitrogens with zero attached hydrogens (tertiary/aromatic N) is 2. The van der Waals surface area contributed by atoms with Gasteiger partial charge in [0.05, 0.1) is 19.9 Å². The second-order valence-corrected chi connectivity index (χ2v) is 10.3. The second kappa shape index (κ2) is 11.7. The largest absolute Gasteiger partial charge is 0.493 e. The van der Waals surface area contributed by atoms with Gasteiger partial charge in [0.2, 0.25) is 0 Å². The fourth-order valence-electron chi connectivity index (χ4n) is 5.92. The summed E-state index contributed by atoms with van der Waals surface area (Å²) >= 11 is 0. The molecule has 2 fully saturated rings. The van der Waals surface area contributed by atoms with E-state index >= 15 is 0 Å². The molecular formula is C27H27F8N3O5. The molecule has 1 aliphatic carbocycles. The van der Waals surface area contributed by atoms with Gasteiger partial charge in [0.15, 0.2) is 11.5 Å². The van der Waals surface area contributed by atoms with Gasteiger partial charge < -0.3 is 24.5 Å². The molecule has 0 unspecified atom stereocenters. The van der Waals surface area contributed by atoms with Crippen LogP contribution < -0.4 is 19.9 Å². The monoisotopic (exact) mass is 625 g/mol. The maximum atomic E-state index is 14.3. The number of hydrogen-bond acceptors (Lipinski definition) is 6. The van der Waals surface area contributed by atoms with Gasteiger partial charge >= 0.3 is 24.4 Å². The SMILES string of the molecule is COc1ccc([C@@]23CC[C@@H](NC(=O)N(OC(=O)C(F)(F)F)c4cc(F)c(C(F)(F)F)c(F)c4)C[C@@H]2N(C)CC3)cc1OC. The van der Waals surface area contributed by atoms with Gasteiger partial charge in [0.1, 0.15) is 17.2 Å². The molecule has 1 N–H and O–H groups in total. The predicted molar refractivity (Wildman–Crippen MR) is 134 cm³/mol. The summed E-state index contributed by atoms with van der Waals surface area (Å²) in [6, 6.07) is 2.97. The number of hydroxylamine groups is 1. The van der Waals surface area contributed by atoms with Crippen molar-refractivity contribution in [3.63, 3.8) is 0 Å². The fraction of sp³-hybridized carbons (Fsp3) is 0.481. The van der Waals surface area contributed by atoms with Crippen LogP contribution in [0.25, 0.3) is 0 Å². The molecular weight excluding hydrogens is 598 g/mol. The Morgan fingerprint density at radius 2 is 1.60 bits per heavy atom. The first-order valence-corrected chi connectivity index (χ1v) is 12.9. The molecule has 0 radical (unpaired) electrons. The van der Waals surface area contributed by atoms with Crippen molar-refractivity contribution in [3.8, 4) is 11.5 Å². The molecule has 236 valence electrons. The van der Waals surface area contributed by atoms with Crippen molar-refractivity contribution in [2.24, 2.45) is 0 Å². The normalized spacial score (nSPS) is 22.5. The van der Waals surface area contributed by atoms with Gasteiger partial charge in [0, 0.05) is 29.6 Å². The third-order valence-corrected chi connectivity index (χ3v) is 7.95. The summed E-state index contributed by atoms with van der Waals surface area (Å²) in [7, 11) is 4.86. The Kier molecular flexibility index (Phi) is 8.73. The van der Waals surface area contributed by atoms with Gasteiger partial charge in [-0.1, -0.05) is 6.07 Å². The van der Waals surface area contributed by atoms with Crippen molar-refractivity contribution in [1.82, 2.24) is 10.2 Å². The van der Waals surface area contributed by atoms with Crippen LogP contribution in [0.3, 0.4) is 0 Å². The number of ether oxygens (including phenoxy) is 2. The van der Waals surface area contributed by atoms with Crippen molar-refractivity contribution in [2.75, 3.05) is 32.9 Å². The Labute approximate surface area is 240 Å². The van der Waals surface area contributed by atoms with Crippen LogP contribution >= 0.6 is 0 Å². The van der Waals surface area contributed by atoms with E-state index < -0.39 is 63.8 Å². The third-order valence-electron chi connectivity index (χ3n) is 7.95. The van der Waals surface area contributed by atoms with E-state index in [1.807, 2.05) is 19.2 Å². The zero-order chi connectivity index (χ0) is 31.9. The van der Waals surface area contributed by atoms with Crippen molar-refractivity contribution in [3.05, 3.63) is 53.1 Å². The number of halogens is 8. The number of alkyl halides is 6. The first-order chi connectivity index (χ1) is 20.0. The van der Waals surface area contributed by atoms with E-state index in [1.165, 1.54) is 14.2 Å². The minimum Gasteiger partial charge on any atom is -0.493 e. The van der Waals surface area contributed by atoms with Gasteiger partial charge in [-0.25, -0.2) is 18.4 Å². The summed E-state index contributed by atoms with van der Waals surface area (Å²) in [4.78, 5) is 30.8. The number of likely N-dealkylation sites (tertiary alicyclic amines) is 1. The van der Waals surface area contributed by atoms with E-state index in [-0.39, 0.29) is 24.6 Å². The number of urea groups is 1. The minimum atomic E-state index is -5.64. The number of carbonyl (C=O) groups is 2. The second-order valence-electron chi connectivity index (χ2n) is 10.3. The molecule has 16 heteroatoms. The van der Waals surface area contributed by atoms with Crippen LogP contribution in [-0.2, 0) is 21.2 Å². The molecule has 0 spiro atoms. The molecule has 2 aromatic rings. The van der Waals surface area contributed by atoms with E-state index in [1.54, 1.807) is 6.07 Å². The van der Waals surface area contributed by atoms with Crippen LogP contribution in [0.1, 0.15) is 36.8 Å². The number of likely N-dealkylation sites (N-methyl/N-ethyl adjacent to an activating group) is 1. The summed E-state index contributed by atoms with van der Waals surface area (Å²) in [5.74, 6) is -6.36. The Balaban J connectivity index is 1.61. The van der Waals surface area contributed by atoms with Crippen LogP contribution in [0.15, 0.2) is 30.3 Å². The topological polar surface area (TPSA) is 80.3 Å². The Bertz CT molecular complexity index is 1360. The van der Waals surface area contributed by atoms with Crippen LogP contribution in [-0.4, -0.2) is 63.0 Å². The number of rotatable bonds is 5. The lowest BCUT2D eigenvalue weighted by molar-refractivity contribution is -0.199. The number of amides is 2. The highest BCUT2D eigenvalue weighted by Gasteiger charge is 2.51. The van der Waals surface area contributed by atoms with Crippen molar-refractivity contribution in [2.45, 2.75) is 55.5 Å². The number of fused-ring (bicyclic) bond motifs is 1. The molecule has 0 aromatic heterocycles. The molecule has 1 saturated carbocycles. The quantitative estimate of drug-likeness (QED) is 0.338. The number of anilines is 1. The molecule has 4 rings (SSSR count). The highest BCUT2D eigenvalue weighted by atomic mass is 19.4. The number of carbonyl (C=O) groups excluding carboxylic acids is 2. The third kappa shape index (κ3) is 6.28. The van der Waals surface area contributed by atoms with Gasteiger partial charge in [0.25, 0.3) is 0 Å². The first-order valence-electron chi connectivity index (χ1n) is 12.9. The molecule has 2 aliphatic rings. The Morgan fingerprint density at radius 3 is 2.16 bits per heavy atom. The number of hydrogen-bond donors (Lipinski definition) is 1. The fourth-order valence-corrected chi connectivity index (χ4v) is 5.92. The average molecular weight is 626 g/mol. The maximum Gasteiger partial charge on any atom is 0.493 e. The van der Waals surface area contributed by atoms with Crippen molar-refractivity contribution in [1.29, 1.82) is 0 Å². The highest BCUT2D eigenvalue weighted by molar-refractivity contribution is 5.93. The van der Waals surface area contributed by atoms with E-state index in [0.717, 1.165) is 12.0 Å². The minimum absolute atomic E-state index is 0.0527. The number of methoxy groups -OCH3 is 2. The molecule has 43 heavy (non-hydrogen) atoms. The van der Waals surface area contributed by atoms with E-state index in [4.69, 9.17) is 9.47 Å². The maximum absolute atomic E-state index is 14.3. The zero-order valence-corrected chi connectivity index (χ0v) is 23.0. The Hall–Kier alpha value is -3.82. The lowest BCUT2D eigenvalue weighted by Gasteiger charge is -2.45. The average Bonchev–Trinajstić information content (AvgIpc) is 3.26. The summed E-state index contributed by atoms with van der Waals surface area (Å²) < 4.78 is 117. The van der Waals surface area contributed by atoms with Gasteiger partial charge in [-0.3, -0.25) is 0 Å². The van der Waals surface area contributed by atoms with Crippen molar-refractivity contribution >= 4 is 17.7 Å². The number of benzene rings is 2. The molecule has 8 nitrogen and oxygen atoms in total. The smallest absolute Gasteiger partial charge is 0.493 e. The zero-order valence-electron chi connectivity index (χ0n) is 23.0. The molecule has 1 heterocycles. The van der Waals surface area contributed by atoms with E-state index in [2.05, 4.69) is 15.1 Å². The summed E-state index contributed by atoms with van der Waals surface area (Å²) in [6.45, 7) is 0.680. The first kappa shape index (κ1) is 32.1. The standard InChI is InChI=1S/C27H27F8N3O5/c1-37-9-8-25(14-4-5-19(41-2)20(10-14)42-3)7-6-15(11-21(25)37)36-24(40)38(43-23(39)27(33,34)35)16-12-17(28)22(18(29)13-16)26(30,31)32/h4-5,10,12-13,15,21H,6-9,11H2,1-3H3,(H,36,40)/t15-,21+,25+/m1/s1. The molecule has 2 amide bonds. The summed E-state index contributed by atoms with van der Waals surface area (Å²) in [6.07, 6.45) is -9.33.